The van der Waals surface area contributed by atoms with Gasteiger partial charge < -0.3 is 5.73 Å². The number of hydrogen-bond acceptors (Lipinski definition) is 4. The van der Waals surface area contributed by atoms with Gasteiger partial charge in [0.25, 0.3) is 0 Å². The molecule has 0 spiro atoms. The lowest BCUT2D eigenvalue weighted by molar-refractivity contribution is 0.865. The molecular formula is C18H18N4S. The maximum atomic E-state index is 6.03. The molecule has 4 rings (SSSR count). The number of anilines is 1. The average Bonchev–Trinajstić information content (AvgIpc) is 2.92. The van der Waals surface area contributed by atoms with Crippen LogP contribution < -0.4 is 10.9 Å². The van der Waals surface area contributed by atoms with E-state index >= 15 is 0 Å². The van der Waals surface area contributed by atoms with Gasteiger partial charge in [0.1, 0.15) is 0 Å². The van der Waals surface area contributed by atoms with E-state index in [2.05, 4.69) is 31.2 Å². The molecule has 4 nitrogen and oxygen atoms in total. The predicted molar refractivity (Wildman–Crippen MR) is 95.6 cm³/mol. The molecule has 0 bridgehead atoms. The van der Waals surface area contributed by atoms with Crippen LogP contribution in [0.1, 0.15) is 16.8 Å². The van der Waals surface area contributed by atoms with Gasteiger partial charge in [0.05, 0.1) is 17.1 Å². The zero-order valence-corrected chi connectivity index (χ0v) is 13.7. The monoisotopic (exact) mass is 322 g/mol. The quantitative estimate of drug-likeness (QED) is 0.560. The Morgan fingerprint density at radius 3 is 2.61 bits per heavy atom. The Balaban J connectivity index is 1.93. The summed E-state index contributed by atoms with van der Waals surface area (Å²) in [6.07, 6.45) is 2.06. The summed E-state index contributed by atoms with van der Waals surface area (Å²) >= 11 is 1.25. The van der Waals surface area contributed by atoms with Gasteiger partial charge in [-0.05, 0) is 73.7 Å². The summed E-state index contributed by atoms with van der Waals surface area (Å²) in [4.78, 5) is 1.04. The highest BCUT2D eigenvalue weighted by Crippen LogP contribution is 2.37. The lowest BCUT2D eigenvalue weighted by Gasteiger charge is -2.19. The summed E-state index contributed by atoms with van der Waals surface area (Å²) < 4.78 is 2.03. The maximum absolute atomic E-state index is 6.03. The summed E-state index contributed by atoms with van der Waals surface area (Å²) in [6, 6.07) is 14.3. The van der Waals surface area contributed by atoms with E-state index in [4.69, 9.17) is 16.0 Å². The third-order valence-electron chi connectivity index (χ3n) is 4.44. The van der Waals surface area contributed by atoms with Crippen molar-refractivity contribution in [3.8, 4) is 16.9 Å². The normalized spacial score (nSPS) is 12.8. The molecule has 0 unspecified atom stereocenters. The first-order valence-electron chi connectivity index (χ1n) is 7.62. The minimum Gasteiger partial charge on any atom is -0.399 e. The second-order valence-corrected chi connectivity index (χ2v) is 6.56. The van der Waals surface area contributed by atoms with Gasteiger partial charge in [0.2, 0.25) is 0 Å². The first kappa shape index (κ1) is 14.4. The van der Waals surface area contributed by atoms with Crippen LogP contribution in [-0.2, 0) is 12.8 Å². The van der Waals surface area contributed by atoms with Crippen LogP contribution in [-0.4, -0.2) is 9.78 Å². The molecule has 0 aliphatic heterocycles. The largest absolute Gasteiger partial charge is 0.399 e. The second kappa shape index (κ2) is 5.44. The van der Waals surface area contributed by atoms with E-state index in [0.717, 1.165) is 34.8 Å². The Morgan fingerprint density at radius 2 is 1.87 bits per heavy atom. The van der Waals surface area contributed by atoms with E-state index in [1.54, 1.807) is 0 Å². The van der Waals surface area contributed by atoms with Gasteiger partial charge >= 0.3 is 0 Å². The Labute approximate surface area is 139 Å². The molecule has 2 aromatic carbocycles. The highest BCUT2D eigenvalue weighted by atomic mass is 32.2. The third-order valence-corrected chi connectivity index (χ3v) is 4.98. The molecule has 23 heavy (non-hydrogen) atoms. The molecule has 0 radical (unpaired) electrons. The van der Waals surface area contributed by atoms with E-state index in [1.807, 2.05) is 22.9 Å². The number of aryl methyl sites for hydroxylation is 2. The molecule has 0 fully saturated rings. The molecule has 0 saturated heterocycles. The summed E-state index contributed by atoms with van der Waals surface area (Å²) in [6.45, 7) is 2.08. The summed E-state index contributed by atoms with van der Waals surface area (Å²) in [7, 11) is 0. The number of aromatic nitrogens is 2. The molecule has 0 amide bonds. The van der Waals surface area contributed by atoms with Crippen LogP contribution in [0.5, 0.6) is 0 Å². The lowest BCUT2D eigenvalue weighted by atomic mass is 9.88. The Morgan fingerprint density at radius 1 is 1.09 bits per heavy atom. The van der Waals surface area contributed by atoms with Crippen molar-refractivity contribution < 1.29 is 0 Å². The van der Waals surface area contributed by atoms with Gasteiger partial charge in [-0.25, -0.2) is 4.68 Å². The fourth-order valence-electron chi connectivity index (χ4n) is 3.28. The van der Waals surface area contributed by atoms with Gasteiger partial charge in [-0.1, -0.05) is 6.07 Å². The topological polar surface area (TPSA) is 69.9 Å². The van der Waals surface area contributed by atoms with Crippen molar-refractivity contribution in [2.24, 2.45) is 5.14 Å². The highest BCUT2D eigenvalue weighted by molar-refractivity contribution is 7.97. The second-order valence-electron chi connectivity index (χ2n) is 5.85. The molecule has 0 atom stereocenters. The number of rotatable bonds is 2. The highest BCUT2D eigenvalue weighted by Gasteiger charge is 2.24. The molecule has 1 aromatic heterocycles. The Bertz CT molecular complexity index is 881. The number of hydrogen-bond donors (Lipinski definition) is 2. The number of fused-ring (bicyclic) bond motifs is 3. The Kier molecular flexibility index (Phi) is 3.39. The zero-order chi connectivity index (χ0) is 16.0. The van der Waals surface area contributed by atoms with Crippen LogP contribution >= 0.6 is 11.9 Å². The molecule has 4 N–H and O–H groups in total. The summed E-state index contributed by atoms with van der Waals surface area (Å²) in [5, 5.41) is 10.4. The molecule has 1 aliphatic rings. The minimum absolute atomic E-state index is 0.789. The van der Waals surface area contributed by atoms with Crippen molar-refractivity contribution in [3.05, 3.63) is 59.3 Å². The molecule has 3 aromatic rings. The molecule has 5 heteroatoms. The third kappa shape index (κ3) is 2.33. The number of benzene rings is 2. The number of nitrogens with zero attached hydrogens (tertiary/aromatic N) is 2. The van der Waals surface area contributed by atoms with Crippen LogP contribution in [0.15, 0.2) is 47.4 Å². The van der Waals surface area contributed by atoms with Gasteiger partial charge in [-0.2, -0.15) is 5.10 Å². The summed E-state index contributed by atoms with van der Waals surface area (Å²) in [5.74, 6) is 0. The van der Waals surface area contributed by atoms with Gasteiger partial charge in [0.15, 0.2) is 0 Å². The first-order chi connectivity index (χ1) is 11.2. The molecule has 1 heterocycles. The van der Waals surface area contributed by atoms with Gasteiger partial charge in [-0.15, -0.1) is 0 Å². The maximum Gasteiger partial charge on any atom is 0.0779 e. The van der Waals surface area contributed by atoms with E-state index in [9.17, 15) is 0 Å². The van der Waals surface area contributed by atoms with Crippen molar-refractivity contribution in [2.75, 3.05) is 5.73 Å². The fourth-order valence-corrected chi connectivity index (χ4v) is 3.57. The number of nitrogen functional groups attached to an aromatic ring is 1. The number of nitrogens with two attached hydrogens (primary N) is 2. The van der Waals surface area contributed by atoms with Crippen LogP contribution in [0.3, 0.4) is 0 Å². The van der Waals surface area contributed by atoms with Crippen molar-refractivity contribution in [3.63, 3.8) is 0 Å². The van der Waals surface area contributed by atoms with Crippen LogP contribution in [0.4, 0.5) is 5.69 Å². The summed E-state index contributed by atoms with van der Waals surface area (Å²) in [5.41, 5.74) is 14.0. The average molecular weight is 322 g/mol. The molecular weight excluding hydrogens is 304 g/mol. The fraction of sp³-hybridized carbons (Fsp3) is 0.167. The zero-order valence-electron chi connectivity index (χ0n) is 12.9. The van der Waals surface area contributed by atoms with Gasteiger partial charge in [0, 0.05) is 21.7 Å². The van der Waals surface area contributed by atoms with E-state index in [-0.39, 0.29) is 0 Å². The minimum atomic E-state index is 0.789. The van der Waals surface area contributed by atoms with E-state index < -0.39 is 0 Å². The first-order valence-corrected chi connectivity index (χ1v) is 8.50. The van der Waals surface area contributed by atoms with E-state index in [1.165, 1.54) is 34.3 Å². The Hall–Kier alpha value is -2.24. The van der Waals surface area contributed by atoms with Crippen LogP contribution in [0.2, 0.25) is 0 Å². The lowest BCUT2D eigenvalue weighted by Crippen LogP contribution is -2.08. The molecule has 1 aliphatic carbocycles. The van der Waals surface area contributed by atoms with Crippen molar-refractivity contribution >= 4 is 17.6 Å². The van der Waals surface area contributed by atoms with Crippen LogP contribution in [0, 0.1) is 6.92 Å². The van der Waals surface area contributed by atoms with E-state index in [0.29, 0.717) is 0 Å². The van der Waals surface area contributed by atoms with Gasteiger partial charge in [-0.3, -0.25) is 5.14 Å². The van der Waals surface area contributed by atoms with Crippen molar-refractivity contribution in [1.82, 2.24) is 9.78 Å². The SMILES string of the molecule is Cc1nn(-c2ccc(SN)cc2)c2c1CCc1ccc(N)cc1-2. The van der Waals surface area contributed by atoms with Crippen molar-refractivity contribution in [1.29, 1.82) is 0 Å². The molecule has 0 saturated carbocycles. The standard InChI is InChI=1S/C18H18N4S/c1-11-16-9-3-12-2-4-13(19)10-17(12)18(16)22(21-11)14-5-7-15(23-20)8-6-14/h2,4-8,10H,3,9,19-20H2,1H3. The van der Waals surface area contributed by atoms with Crippen LogP contribution in [0.25, 0.3) is 16.9 Å². The smallest absolute Gasteiger partial charge is 0.0779 e. The molecule has 116 valence electrons. The van der Waals surface area contributed by atoms with Crippen molar-refractivity contribution in [2.45, 2.75) is 24.7 Å². The predicted octanol–water partition coefficient (Wildman–Crippen LogP) is 3.49.